The second-order valence-corrected chi connectivity index (χ2v) is 6.22. The van der Waals surface area contributed by atoms with Crippen LogP contribution in [0.25, 0.3) is 0 Å². The molecule has 0 amide bonds. The molecule has 0 heterocycles. The van der Waals surface area contributed by atoms with Gasteiger partial charge in [0, 0.05) is 25.7 Å². The third-order valence-electron chi connectivity index (χ3n) is 2.65. The average Bonchev–Trinajstić information content (AvgIpc) is 2.36. The van der Waals surface area contributed by atoms with Crippen molar-refractivity contribution in [1.29, 1.82) is 0 Å². The Bertz CT molecular complexity index is 527. The number of non-ortho nitro benzene ring substituents is 1. The van der Waals surface area contributed by atoms with Crippen molar-refractivity contribution in [3.8, 4) is 0 Å². The van der Waals surface area contributed by atoms with Crippen LogP contribution >= 0.6 is 0 Å². The van der Waals surface area contributed by atoms with E-state index in [9.17, 15) is 18.5 Å². The molecule has 7 nitrogen and oxygen atoms in total. The number of nitrogens with two attached hydrogens (primary N) is 1. The molecule has 0 aliphatic carbocycles. The standard InChI is InChI=1S/C11H17N3O4S/c1-13(8-2-7-12)19(17,18)9-10-3-5-11(6-4-10)14(15)16/h3-6H,2,7-9,12H2,1H3. The van der Waals surface area contributed by atoms with Crippen molar-refractivity contribution in [3.63, 3.8) is 0 Å². The maximum atomic E-state index is 12.0. The summed E-state index contributed by atoms with van der Waals surface area (Å²) < 4.78 is 25.2. The number of nitro benzene ring substituents is 1. The van der Waals surface area contributed by atoms with Gasteiger partial charge in [0.2, 0.25) is 10.0 Å². The Morgan fingerprint density at radius 3 is 2.37 bits per heavy atom. The van der Waals surface area contributed by atoms with Crippen molar-refractivity contribution >= 4 is 15.7 Å². The van der Waals surface area contributed by atoms with Gasteiger partial charge in [0.15, 0.2) is 0 Å². The summed E-state index contributed by atoms with van der Waals surface area (Å²) in [6, 6.07) is 5.49. The molecule has 106 valence electrons. The van der Waals surface area contributed by atoms with E-state index in [0.29, 0.717) is 25.1 Å². The Morgan fingerprint density at radius 2 is 1.89 bits per heavy atom. The normalized spacial score (nSPS) is 11.7. The van der Waals surface area contributed by atoms with Gasteiger partial charge in [0.1, 0.15) is 0 Å². The maximum absolute atomic E-state index is 12.0. The molecule has 0 fully saturated rings. The molecule has 2 N–H and O–H groups in total. The molecule has 0 aliphatic rings. The molecule has 19 heavy (non-hydrogen) atoms. The molecule has 1 rings (SSSR count). The van der Waals surface area contributed by atoms with Gasteiger partial charge in [-0.1, -0.05) is 12.1 Å². The van der Waals surface area contributed by atoms with Gasteiger partial charge in [-0.25, -0.2) is 12.7 Å². The van der Waals surface area contributed by atoms with Crippen LogP contribution in [0.2, 0.25) is 0 Å². The molecule has 0 aliphatic heterocycles. The fourth-order valence-corrected chi connectivity index (χ4v) is 2.73. The highest BCUT2D eigenvalue weighted by Crippen LogP contribution is 2.15. The minimum absolute atomic E-state index is 0.0577. The van der Waals surface area contributed by atoms with E-state index >= 15 is 0 Å². The highest BCUT2D eigenvalue weighted by Gasteiger charge is 2.18. The first kappa shape index (κ1) is 15.5. The number of sulfonamides is 1. The smallest absolute Gasteiger partial charge is 0.269 e. The largest absolute Gasteiger partial charge is 0.330 e. The minimum atomic E-state index is -3.41. The number of nitro groups is 1. The van der Waals surface area contributed by atoms with Crippen molar-refractivity contribution in [3.05, 3.63) is 39.9 Å². The van der Waals surface area contributed by atoms with Crippen LogP contribution in [0.4, 0.5) is 5.69 Å². The summed E-state index contributed by atoms with van der Waals surface area (Å²) in [5.41, 5.74) is 5.79. The minimum Gasteiger partial charge on any atom is -0.330 e. The van der Waals surface area contributed by atoms with Gasteiger partial charge >= 0.3 is 0 Å². The Balaban J connectivity index is 2.75. The van der Waals surface area contributed by atoms with Gasteiger partial charge in [-0.3, -0.25) is 10.1 Å². The quantitative estimate of drug-likeness (QED) is 0.587. The van der Waals surface area contributed by atoms with E-state index in [4.69, 9.17) is 5.73 Å². The van der Waals surface area contributed by atoms with Crippen LogP contribution in [-0.2, 0) is 15.8 Å². The van der Waals surface area contributed by atoms with E-state index in [1.165, 1.54) is 35.6 Å². The second-order valence-electron chi connectivity index (χ2n) is 4.14. The number of hydrogen-bond acceptors (Lipinski definition) is 5. The van der Waals surface area contributed by atoms with E-state index in [1.807, 2.05) is 0 Å². The zero-order valence-corrected chi connectivity index (χ0v) is 11.5. The number of benzene rings is 1. The zero-order valence-electron chi connectivity index (χ0n) is 10.7. The molecule has 0 bridgehead atoms. The monoisotopic (exact) mass is 287 g/mol. The first-order chi connectivity index (χ1) is 8.86. The lowest BCUT2D eigenvalue weighted by Gasteiger charge is -2.16. The first-order valence-corrected chi connectivity index (χ1v) is 7.35. The molecule has 0 saturated heterocycles. The Labute approximate surface area is 112 Å². The fraction of sp³-hybridized carbons (Fsp3) is 0.455. The molecule has 0 spiro atoms. The topological polar surface area (TPSA) is 107 Å². The van der Waals surface area contributed by atoms with E-state index < -0.39 is 14.9 Å². The number of rotatable bonds is 7. The van der Waals surface area contributed by atoms with Crippen LogP contribution in [-0.4, -0.2) is 37.8 Å². The molecule has 0 radical (unpaired) electrons. The van der Waals surface area contributed by atoms with Crippen LogP contribution in [0.15, 0.2) is 24.3 Å². The van der Waals surface area contributed by atoms with E-state index in [-0.39, 0.29) is 11.4 Å². The SMILES string of the molecule is CN(CCCN)S(=O)(=O)Cc1ccc([N+](=O)[O-])cc1. The zero-order chi connectivity index (χ0) is 14.5. The Kier molecular flexibility index (Phi) is 5.40. The summed E-state index contributed by atoms with van der Waals surface area (Å²) in [5, 5.41) is 10.5. The van der Waals surface area contributed by atoms with Gasteiger partial charge in [-0.2, -0.15) is 0 Å². The third-order valence-corrected chi connectivity index (χ3v) is 4.48. The second kappa shape index (κ2) is 6.60. The van der Waals surface area contributed by atoms with E-state index in [1.54, 1.807) is 0 Å². The highest BCUT2D eigenvalue weighted by atomic mass is 32.2. The van der Waals surface area contributed by atoms with Crippen molar-refractivity contribution in [2.75, 3.05) is 20.1 Å². The lowest BCUT2D eigenvalue weighted by Crippen LogP contribution is -2.30. The molecular formula is C11H17N3O4S. The van der Waals surface area contributed by atoms with E-state index in [2.05, 4.69) is 0 Å². The average molecular weight is 287 g/mol. The van der Waals surface area contributed by atoms with Crippen molar-refractivity contribution in [2.45, 2.75) is 12.2 Å². The number of hydrogen-bond donors (Lipinski definition) is 1. The van der Waals surface area contributed by atoms with Gasteiger partial charge < -0.3 is 5.73 Å². The molecule has 1 aromatic carbocycles. The molecular weight excluding hydrogens is 270 g/mol. The van der Waals surface area contributed by atoms with Crippen molar-refractivity contribution in [2.24, 2.45) is 5.73 Å². The predicted octanol–water partition coefficient (Wildman–Crippen LogP) is 0.705. The lowest BCUT2D eigenvalue weighted by atomic mass is 10.2. The Hall–Kier alpha value is -1.51. The fourth-order valence-electron chi connectivity index (χ4n) is 1.49. The van der Waals surface area contributed by atoms with Crippen molar-refractivity contribution < 1.29 is 13.3 Å². The van der Waals surface area contributed by atoms with E-state index in [0.717, 1.165) is 0 Å². The summed E-state index contributed by atoms with van der Waals surface area (Å²) in [5.74, 6) is -0.175. The summed E-state index contributed by atoms with van der Waals surface area (Å²) in [6.07, 6.45) is 0.593. The molecule has 0 saturated carbocycles. The van der Waals surface area contributed by atoms with Crippen LogP contribution < -0.4 is 5.73 Å². The van der Waals surface area contributed by atoms with Crippen LogP contribution in [0.3, 0.4) is 0 Å². The van der Waals surface area contributed by atoms with Gasteiger partial charge in [-0.15, -0.1) is 0 Å². The molecule has 0 atom stereocenters. The molecule has 1 aromatic rings. The molecule has 8 heteroatoms. The summed E-state index contributed by atoms with van der Waals surface area (Å²) in [4.78, 5) is 9.97. The third kappa shape index (κ3) is 4.58. The van der Waals surface area contributed by atoms with Crippen LogP contribution in [0, 0.1) is 10.1 Å². The lowest BCUT2D eigenvalue weighted by molar-refractivity contribution is -0.384. The van der Waals surface area contributed by atoms with Crippen molar-refractivity contribution in [1.82, 2.24) is 4.31 Å². The summed E-state index contributed by atoms with van der Waals surface area (Å²) in [7, 11) is -1.91. The van der Waals surface area contributed by atoms with Gasteiger partial charge in [-0.05, 0) is 18.5 Å². The van der Waals surface area contributed by atoms with Gasteiger partial charge in [0.25, 0.3) is 5.69 Å². The Morgan fingerprint density at radius 1 is 1.32 bits per heavy atom. The van der Waals surface area contributed by atoms with Gasteiger partial charge in [0.05, 0.1) is 10.7 Å². The maximum Gasteiger partial charge on any atom is 0.269 e. The summed E-state index contributed by atoms with van der Waals surface area (Å²) >= 11 is 0. The number of nitrogens with zero attached hydrogens (tertiary/aromatic N) is 2. The summed E-state index contributed by atoms with van der Waals surface area (Å²) in [6.45, 7) is 0.795. The first-order valence-electron chi connectivity index (χ1n) is 5.74. The van der Waals surface area contributed by atoms with Crippen LogP contribution in [0.5, 0.6) is 0 Å². The highest BCUT2D eigenvalue weighted by molar-refractivity contribution is 7.88. The predicted molar refractivity (Wildman–Crippen MR) is 72.0 cm³/mol. The van der Waals surface area contributed by atoms with Crippen LogP contribution in [0.1, 0.15) is 12.0 Å². The molecule has 0 unspecified atom stereocenters. The molecule has 0 aromatic heterocycles.